The van der Waals surface area contributed by atoms with Crippen LogP contribution in [-0.2, 0) is 10.0 Å². The summed E-state index contributed by atoms with van der Waals surface area (Å²) in [5.41, 5.74) is 0. The number of likely N-dealkylation sites (tertiary alicyclic amines) is 1. The molecule has 1 fully saturated rings. The minimum absolute atomic E-state index is 0.0176. The fraction of sp³-hybridized carbons (Fsp3) is 0.857. The van der Waals surface area contributed by atoms with Crippen molar-refractivity contribution in [2.75, 3.05) is 25.4 Å². The van der Waals surface area contributed by atoms with E-state index in [-0.39, 0.29) is 11.9 Å². The molecule has 0 aromatic carbocycles. The summed E-state index contributed by atoms with van der Waals surface area (Å²) in [4.78, 5) is 1.90. The summed E-state index contributed by atoms with van der Waals surface area (Å²) in [6.07, 6.45) is 0.407. The van der Waals surface area contributed by atoms with Crippen LogP contribution in [0.1, 0.15) is 6.42 Å². The number of aliphatic hydroxyl groups is 1. The van der Waals surface area contributed by atoms with Crippen molar-refractivity contribution in [3.05, 3.63) is 7.05 Å². The van der Waals surface area contributed by atoms with E-state index in [0.29, 0.717) is 13.1 Å². The molecule has 2 N–H and O–H groups in total. The van der Waals surface area contributed by atoms with Crippen molar-refractivity contribution in [1.82, 2.24) is 9.62 Å². The topological polar surface area (TPSA) is 69.6 Å². The van der Waals surface area contributed by atoms with Gasteiger partial charge in [-0.3, -0.25) is 4.90 Å². The van der Waals surface area contributed by atoms with Crippen LogP contribution in [0.15, 0.2) is 0 Å². The maximum Gasteiger partial charge on any atom is 0.213 e. The molecule has 1 rings (SSSR count). The normalized spacial score (nSPS) is 25.2. The van der Waals surface area contributed by atoms with E-state index in [4.69, 9.17) is 12.2 Å². The molecule has 0 aromatic rings. The molecule has 1 unspecified atom stereocenters. The molecule has 1 aliphatic heterocycles. The van der Waals surface area contributed by atoms with Crippen molar-refractivity contribution >= 4 is 10.0 Å². The van der Waals surface area contributed by atoms with Gasteiger partial charge in [-0.25, -0.2) is 13.1 Å². The lowest BCUT2D eigenvalue weighted by Gasteiger charge is -2.13. The summed E-state index contributed by atoms with van der Waals surface area (Å²) in [5.74, 6) is -0.0176. The van der Waals surface area contributed by atoms with Crippen molar-refractivity contribution in [3.8, 4) is 0 Å². The molecular weight excluding hydrogens is 192 g/mol. The Bertz CT molecular complexity index is 252. The first-order chi connectivity index (χ1) is 6.03. The van der Waals surface area contributed by atoms with E-state index < -0.39 is 10.0 Å². The highest BCUT2D eigenvalue weighted by Gasteiger charge is 2.21. The van der Waals surface area contributed by atoms with Crippen molar-refractivity contribution in [2.24, 2.45) is 0 Å². The Morgan fingerprint density at radius 2 is 2.31 bits per heavy atom. The van der Waals surface area contributed by atoms with Gasteiger partial charge in [-0.2, -0.15) is 0 Å². The second-order valence-electron chi connectivity index (χ2n) is 3.18. The third-order valence-electron chi connectivity index (χ3n) is 2.10. The minimum Gasteiger partial charge on any atom is -0.392 e. The summed E-state index contributed by atoms with van der Waals surface area (Å²) >= 11 is 0. The molecule has 5 nitrogen and oxygen atoms in total. The highest BCUT2D eigenvalue weighted by Crippen LogP contribution is 2.07. The first kappa shape index (κ1) is 10.9. The number of nitrogens with one attached hydrogen (secondary N) is 1. The van der Waals surface area contributed by atoms with Gasteiger partial charge in [0.15, 0.2) is 0 Å². The van der Waals surface area contributed by atoms with E-state index in [1.54, 1.807) is 4.72 Å². The van der Waals surface area contributed by atoms with Crippen molar-refractivity contribution in [2.45, 2.75) is 12.5 Å². The highest BCUT2D eigenvalue weighted by molar-refractivity contribution is 7.89. The number of hydrogen-bond acceptors (Lipinski definition) is 4. The van der Waals surface area contributed by atoms with E-state index in [1.165, 1.54) is 0 Å². The third-order valence-corrected chi connectivity index (χ3v) is 3.18. The SMILES string of the molecule is [CH]NS(=O)(=O)CCN1CCC(O)C1. The molecular formula is C7H14N2O3S. The zero-order valence-corrected chi connectivity index (χ0v) is 8.13. The van der Waals surface area contributed by atoms with Gasteiger partial charge in [0.1, 0.15) is 0 Å². The summed E-state index contributed by atoms with van der Waals surface area (Å²) in [6.45, 7) is 1.73. The van der Waals surface area contributed by atoms with Crippen LogP contribution in [0.5, 0.6) is 0 Å². The van der Waals surface area contributed by atoms with Crippen molar-refractivity contribution in [3.63, 3.8) is 0 Å². The number of nitrogens with zero attached hydrogens (tertiary/aromatic N) is 1. The Labute approximate surface area is 78.8 Å². The molecule has 0 spiro atoms. The Kier molecular flexibility index (Phi) is 3.66. The molecule has 1 saturated heterocycles. The van der Waals surface area contributed by atoms with Crippen LogP contribution in [0.3, 0.4) is 0 Å². The number of sulfonamides is 1. The quantitative estimate of drug-likeness (QED) is 0.557. The van der Waals surface area contributed by atoms with Gasteiger partial charge < -0.3 is 5.11 Å². The third kappa shape index (κ3) is 3.60. The van der Waals surface area contributed by atoms with Crippen molar-refractivity contribution in [1.29, 1.82) is 0 Å². The second-order valence-corrected chi connectivity index (χ2v) is 5.05. The Morgan fingerprint density at radius 3 is 2.77 bits per heavy atom. The predicted octanol–water partition coefficient (Wildman–Crippen LogP) is -1.36. The fourth-order valence-electron chi connectivity index (χ4n) is 1.32. The first-order valence-corrected chi connectivity index (χ1v) is 5.79. The minimum atomic E-state index is -3.32. The largest absolute Gasteiger partial charge is 0.392 e. The highest BCUT2D eigenvalue weighted by atomic mass is 32.2. The van der Waals surface area contributed by atoms with Crippen LogP contribution < -0.4 is 4.72 Å². The van der Waals surface area contributed by atoms with Gasteiger partial charge in [0, 0.05) is 19.6 Å². The predicted molar refractivity (Wildman–Crippen MR) is 48.3 cm³/mol. The molecule has 6 heteroatoms. The Balaban J connectivity index is 2.27. The summed E-state index contributed by atoms with van der Waals surface area (Å²) in [6, 6.07) is 0. The number of aliphatic hydroxyl groups excluding tert-OH is 1. The van der Waals surface area contributed by atoms with Crippen LogP contribution in [0.2, 0.25) is 0 Å². The Morgan fingerprint density at radius 1 is 1.62 bits per heavy atom. The van der Waals surface area contributed by atoms with E-state index in [2.05, 4.69) is 0 Å². The van der Waals surface area contributed by atoms with Gasteiger partial charge in [-0.05, 0) is 6.42 Å². The molecule has 13 heavy (non-hydrogen) atoms. The van der Waals surface area contributed by atoms with Gasteiger partial charge in [0.2, 0.25) is 10.0 Å². The summed E-state index contributed by atoms with van der Waals surface area (Å²) in [7, 11) is 1.49. The number of hydrogen-bond donors (Lipinski definition) is 2. The zero-order valence-electron chi connectivity index (χ0n) is 7.31. The zero-order chi connectivity index (χ0) is 9.90. The molecule has 1 atom stereocenters. The lowest BCUT2D eigenvalue weighted by Crippen LogP contribution is -2.31. The maximum atomic E-state index is 10.9. The van der Waals surface area contributed by atoms with E-state index >= 15 is 0 Å². The monoisotopic (exact) mass is 206 g/mol. The van der Waals surface area contributed by atoms with Crippen LogP contribution in [0, 0.1) is 7.05 Å². The standard InChI is InChI=1S/C7H14N2O3S/c1-8-13(11,12)5-4-9-3-2-7(10)6-9/h1,7-8,10H,2-6H2. The molecule has 1 heterocycles. The number of β-amino-alcohol motifs (C(OH)–C–C–N with tert-alkyl or cyclic N) is 1. The van der Waals surface area contributed by atoms with Gasteiger partial charge >= 0.3 is 0 Å². The van der Waals surface area contributed by atoms with Crippen LogP contribution in [0.25, 0.3) is 0 Å². The average Bonchev–Trinajstić information content (AvgIpc) is 2.48. The maximum absolute atomic E-state index is 10.9. The van der Waals surface area contributed by atoms with E-state index in [9.17, 15) is 8.42 Å². The van der Waals surface area contributed by atoms with Crippen molar-refractivity contribution < 1.29 is 13.5 Å². The van der Waals surface area contributed by atoms with E-state index in [0.717, 1.165) is 13.0 Å². The smallest absolute Gasteiger partial charge is 0.213 e. The van der Waals surface area contributed by atoms with Gasteiger partial charge in [0.25, 0.3) is 0 Å². The molecule has 0 saturated carbocycles. The summed E-state index contributed by atoms with van der Waals surface area (Å²) < 4.78 is 23.6. The summed E-state index contributed by atoms with van der Waals surface area (Å²) in [5, 5.41) is 9.15. The Hall–Kier alpha value is -0.170. The molecule has 0 bridgehead atoms. The van der Waals surface area contributed by atoms with Gasteiger partial charge in [-0.15, -0.1) is 0 Å². The van der Waals surface area contributed by atoms with E-state index in [1.807, 2.05) is 4.90 Å². The first-order valence-electron chi connectivity index (χ1n) is 4.14. The molecule has 76 valence electrons. The average molecular weight is 206 g/mol. The molecule has 1 aliphatic rings. The molecule has 0 amide bonds. The van der Waals surface area contributed by atoms with Crippen LogP contribution in [-0.4, -0.2) is 49.9 Å². The van der Waals surface area contributed by atoms with Gasteiger partial charge in [-0.1, -0.05) is 0 Å². The molecule has 0 aromatic heterocycles. The lowest BCUT2D eigenvalue weighted by atomic mass is 10.3. The lowest BCUT2D eigenvalue weighted by molar-refractivity contribution is 0.178. The molecule has 2 radical (unpaired) electrons. The second kappa shape index (κ2) is 4.36. The van der Waals surface area contributed by atoms with Gasteiger partial charge in [0.05, 0.1) is 18.9 Å². The fourth-order valence-corrected chi connectivity index (χ4v) is 1.94. The van der Waals surface area contributed by atoms with Crippen LogP contribution >= 0.6 is 0 Å². The molecule has 0 aliphatic carbocycles. The number of rotatable bonds is 4. The van der Waals surface area contributed by atoms with Crippen LogP contribution in [0.4, 0.5) is 0 Å².